The van der Waals surface area contributed by atoms with Crippen LogP contribution in [0.3, 0.4) is 0 Å². The van der Waals surface area contributed by atoms with Crippen LogP contribution in [0.2, 0.25) is 0 Å². The Morgan fingerprint density at radius 2 is 1.84 bits per heavy atom. The number of pyridine rings is 3. The van der Waals surface area contributed by atoms with Gasteiger partial charge in [0.05, 0.1) is 34.4 Å². The Balaban J connectivity index is 1.66. The van der Waals surface area contributed by atoms with Crippen molar-refractivity contribution in [1.82, 2.24) is 24.9 Å². The first-order chi connectivity index (χ1) is 15.5. The number of fused-ring (bicyclic) bond motifs is 1. The van der Waals surface area contributed by atoms with Gasteiger partial charge in [-0.3, -0.25) is 15.0 Å². The normalized spacial score (nSPS) is 13.1. The molecule has 0 bridgehead atoms. The van der Waals surface area contributed by atoms with E-state index in [9.17, 15) is 5.11 Å². The quantitative estimate of drug-likeness (QED) is 0.383. The van der Waals surface area contributed by atoms with Crippen LogP contribution in [-0.2, 0) is 0 Å². The summed E-state index contributed by atoms with van der Waals surface area (Å²) in [6.07, 6.45) is 9.89. The molecule has 8 nitrogen and oxygen atoms in total. The van der Waals surface area contributed by atoms with Crippen LogP contribution in [0.5, 0.6) is 0 Å². The molecule has 0 aliphatic heterocycles. The zero-order chi connectivity index (χ0) is 22.6. The molecule has 0 amide bonds. The minimum atomic E-state index is -0.506. The van der Waals surface area contributed by atoms with Crippen molar-refractivity contribution >= 4 is 22.7 Å². The number of nitrogens with two attached hydrogens (primary N) is 1. The maximum atomic E-state index is 9.95. The molecule has 0 aliphatic carbocycles. The third kappa shape index (κ3) is 4.65. The highest BCUT2D eigenvalue weighted by molar-refractivity contribution is 5.91. The van der Waals surface area contributed by atoms with Crippen LogP contribution in [0, 0.1) is 0 Å². The molecule has 32 heavy (non-hydrogen) atoms. The summed E-state index contributed by atoms with van der Waals surface area (Å²) >= 11 is 0. The van der Waals surface area contributed by atoms with E-state index in [1.807, 2.05) is 37.3 Å². The van der Waals surface area contributed by atoms with Gasteiger partial charge in [0.15, 0.2) is 0 Å². The Kier molecular flexibility index (Phi) is 6.23. The van der Waals surface area contributed by atoms with E-state index in [-0.39, 0.29) is 12.6 Å². The predicted octanol–water partition coefficient (Wildman–Crippen LogP) is 4.08. The topological polar surface area (TPSA) is 123 Å². The summed E-state index contributed by atoms with van der Waals surface area (Å²) in [5.74, 6) is 0.738. The van der Waals surface area contributed by atoms with E-state index >= 15 is 0 Å². The van der Waals surface area contributed by atoms with Crippen molar-refractivity contribution in [2.24, 2.45) is 0 Å². The molecule has 0 radical (unpaired) electrons. The van der Waals surface area contributed by atoms with Gasteiger partial charge in [0, 0.05) is 35.9 Å². The molecule has 0 aliphatic rings. The molecular formula is C24H27N7O. The molecule has 4 N–H and O–H groups in total. The second-order valence-corrected chi connectivity index (χ2v) is 8.14. The fourth-order valence-corrected chi connectivity index (χ4v) is 3.56. The van der Waals surface area contributed by atoms with Crippen LogP contribution in [0.4, 0.5) is 11.8 Å². The number of aliphatic hydroxyl groups is 1. The Labute approximate surface area is 187 Å². The van der Waals surface area contributed by atoms with E-state index in [0.717, 1.165) is 47.2 Å². The second kappa shape index (κ2) is 9.23. The Morgan fingerprint density at radius 3 is 2.53 bits per heavy atom. The molecule has 4 aromatic rings. The molecular weight excluding hydrogens is 402 g/mol. The minimum Gasteiger partial charge on any atom is -0.394 e. The van der Waals surface area contributed by atoms with Gasteiger partial charge < -0.3 is 16.2 Å². The summed E-state index contributed by atoms with van der Waals surface area (Å²) in [5, 5.41) is 14.1. The number of nitrogens with zero attached hydrogens (tertiary/aromatic N) is 5. The molecule has 164 valence electrons. The van der Waals surface area contributed by atoms with Crippen molar-refractivity contribution in [3.05, 3.63) is 55.1 Å². The summed E-state index contributed by atoms with van der Waals surface area (Å²) in [6, 6.07) is 9.65. The van der Waals surface area contributed by atoms with Crippen LogP contribution < -0.4 is 11.1 Å². The van der Waals surface area contributed by atoms with Crippen molar-refractivity contribution in [2.45, 2.75) is 38.6 Å². The molecule has 0 fully saturated rings. The van der Waals surface area contributed by atoms with E-state index < -0.39 is 5.54 Å². The third-order valence-corrected chi connectivity index (χ3v) is 5.47. The molecule has 0 saturated heterocycles. The van der Waals surface area contributed by atoms with Crippen molar-refractivity contribution in [2.75, 3.05) is 17.7 Å². The van der Waals surface area contributed by atoms with Crippen molar-refractivity contribution in [1.29, 1.82) is 0 Å². The number of nitrogen functional groups attached to an aromatic ring is 1. The standard InChI is InChI=1S/C24H27N7O/c1-3-4-9-24(2,15-32)31-22-18-14-28-20(11-21(18)29-23(25)30-22)17-7-8-19(27-13-17)16-6-5-10-26-12-16/h5-8,10-14,32H,3-4,9,15H2,1-2H3,(H3,25,29,30,31)/t24-/m1/s1. The van der Waals surface area contributed by atoms with E-state index in [2.05, 4.69) is 37.2 Å². The Morgan fingerprint density at radius 1 is 1.03 bits per heavy atom. The predicted molar refractivity (Wildman–Crippen MR) is 127 cm³/mol. The third-order valence-electron chi connectivity index (χ3n) is 5.47. The molecule has 4 heterocycles. The van der Waals surface area contributed by atoms with E-state index in [4.69, 9.17) is 5.73 Å². The largest absolute Gasteiger partial charge is 0.394 e. The monoisotopic (exact) mass is 429 g/mol. The zero-order valence-corrected chi connectivity index (χ0v) is 18.3. The summed E-state index contributed by atoms with van der Waals surface area (Å²) in [6.45, 7) is 4.09. The Hall–Kier alpha value is -3.65. The van der Waals surface area contributed by atoms with E-state index in [0.29, 0.717) is 11.3 Å². The first-order valence-electron chi connectivity index (χ1n) is 10.7. The highest BCUT2D eigenvalue weighted by atomic mass is 16.3. The second-order valence-electron chi connectivity index (χ2n) is 8.14. The number of aromatic nitrogens is 5. The minimum absolute atomic E-state index is 0.0150. The lowest BCUT2D eigenvalue weighted by atomic mass is 9.95. The number of hydrogen-bond acceptors (Lipinski definition) is 8. The first kappa shape index (κ1) is 21.6. The number of hydrogen-bond donors (Lipinski definition) is 3. The molecule has 1 atom stereocenters. The highest BCUT2D eigenvalue weighted by Crippen LogP contribution is 2.29. The molecule has 0 saturated carbocycles. The molecule has 0 aromatic carbocycles. The first-order valence-corrected chi connectivity index (χ1v) is 10.7. The number of anilines is 2. The van der Waals surface area contributed by atoms with Gasteiger partial charge in [-0.05, 0) is 43.7 Å². The number of nitrogens with one attached hydrogen (secondary N) is 1. The summed E-state index contributed by atoms with van der Waals surface area (Å²) in [5.41, 5.74) is 9.57. The van der Waals surface area contributed by atoms with Crippen LogP contribution in [-0.4, -0.2) is 42.2 Å². The average molecular weight is 430 g/mol. The maximum absolute atomic E-state index is 9.95. The fourth-order valence-electron chi connectivity index (χ4n) is 3.56. The molecule has 4 rings (SSSR count). The van der Waals surface area contributed by atoms with E-state index in [1.54, 1.807) is 24.8 Å². The van der Waals surface area contributed by atoms with Crippen LogP contribution in [0.15, 0.2) is 55.1 Å². The van der Waals surface area contributed by atoms with Gasteiger partial charge in [-0.15, -0.1) is 0 Å². The smallest absolute Gasteiger partial charge is 0.222 e. The van der Waals surface area contributed by atoms with Gasteiger partial charge in [0.2, 0.25) is 5.95 Å². The maximum Gasteiger partial charge on any atom is 0.222 e. The summed E-state index contributed by atoms with van der Waals surface area (Å²) in [4.78, 5) is 22.1. The van der Waals surface area contributed by atoms with Crippen LogP contribution in [0.25, 0.3) is 33.4 Å². The number of unbranched alkanes of at least 4 members (excludes halogenated alkanes) is 1. The lowest BCUT2D eigenvalue weighted by Crippen LogP contribution is -2.39. The average Bonchev–Trinajstić information content (AvgIpc) is 2.83. The van der Waals surface area contributed by atoms with E-state index in [1.165, 1.54) is 0 Å². The lowest BCUT2D eigenvalue weighted by molar-refractivity contribution is 0.212. The molecule has 4 aromatic heterocycles. The highest BCUT2D eigenvalue weighted by Gasteiger charge is 2.24. The summed E-state index contributed by atoms with van der Waals surface area (Å²) < 4.78 is 0. The van der Waals surface area contributed by atoms with Crippen molar-refractivity contribution in [3.63, 3.8) is 0 Å². The van der Waals surface area contributed by atoms with Gasteiger partial charge in [-0.2, -0.15) is 4.98 Å². The number of rotatable bonds is 8. The van der Waals surface area contributed by atoms with Gasteiger partial charge in [0.25, 0.3) is 0 Å². The van der Waals surface area contributed by atoms with Crippen LogP contribution >= 0.6 is 0 Å². The van der Waals surface area contributed by atoms with Crippen molar-refractivity contribution in [3.8, 4) is 22.5 Å². The van der Waals surface area contributed by atoms with Gasteiger partial charge >= 0.3 is 0 Å². The van der Waals surface area contributed by atoms with Gasteiger partial charge in [0.1, 0.15) is 5.82 Å². The Bertz CT molecular complexity index is 1200. The fraction of sp³-hybridized carbons (Fsp3) is 0.292. The molecule has 0 spiro atoms. The molecule has 0 unspecified atom stereocenters. The summed E-state index contributed by atoms with van der Waals surface area (Å²) in [7, 11) is 0. The molecule has 8 heteroatoms. The van der Waals surface area contributed by atoms with Crippen LogP contribution in [0.1, 0.15) is 33.1 Å². The SMILES string of the molecule is CCCC[C@](C)(CO)Nc1nc(N)nc2cc(-c3ccc(-c4cccnc4)nc3)ncc12. The van der Waals surface area contributed by atoms with Crippen molar-refractivity contribution < 1.29 is 5.11 Å². The lowest BCUT2D eigenvalue weighted by Gasteiger charge is -2.29. The number of aliphatic hydroxyl groups excluding tert-OH is 1. The zero-order valence-electron chi connectivity index (χ0n) is 18.3. The van der Waals surface area contributed by atoms with Gasteiger partial charge in [-0.25, -0.2) is 4.98 Å². The van der Waals surface area contributed by atoms with Gasteiger partial charge in [-0.1, -0.05) is 19.8 Å².